The van der Waals surface area contributed by atoms with Crippen molar-refractivity contribution in [3.63, 3.8) is 0 Å². The van der Waals surface area contributed by atoms with Gasteiger partial charge in [-0.15, -0.1) is 0 Å². The van der Waals surface area contributed by atoms with Gasteiger partial charge in [-0.2, -0.15) is 5.10 Å². The largest absolute Gasteiger partial charge is 0.482 e. The molecule has 2 N–H and O–H groups in total. The zero-order chi connectivity index (χ0) is 24.2. The quantitative estimate of drug-likeness (QED) is 0.477. The van der Waals surface area contributed by atoms with Crippen LogP contribution < -0.4 is 10.5 Å². The van der Waals surface area contributed by atoms with Crippen LogP contribution in [-0.2, 0) is 9.47 Å². The van der Waals surface area contributed by atoms with E-state index in [1.165, 1.54) is 18.3 Å². The molecule has 4 atom stereocenters. The predicted octanol–water partition coefficient (Wildman–Crippen LogP) is 5.09. The summed E-state index contributed by atoms with van der Waals surface area (Å²) in [6, 6.07) is 3.73. The number of nitrogen functional groups attached to an aromatic ring is 1. The van der Waals surface area contributed by atoms with E-state index in [1.807, 2.05) is 0 Å². The molecule has 0 radical (unpaired) electrons. The summed E-state index contributed by atoms with van der Waals surface area (Å²) in [6.07, 6.45) is 1.99. The Labute approximate surface area is 202 Å². The standard InChI is InChI=1S/C22H19Cl2F3N4O3/c1-10(17-13(23)2-3-14(25)18(17)24)34-16-4-11(5-29-21(16)28)12-6-30-31(7-12)15-8-32-20-19(15)33-9-22(20,26)27/h2-7,10,15,19-20H,8-9H2,1H3,(H2,28,29). The summed E-state index contributed by atoms with van der Waals surface area (Å²) >= 11 is 12.3. The maximum Gasteiger partial charge on any atom is 0.299 e. The maximum atomic E-state index is 13.9. The topological polar surface area (TPSA) is 84.4 Å². The molecule has 180 valence electrons. The van der Waals surface area contributed by atoms with E-state index in [-0.39, 0.29) is 33.8 Å². The highest BCUT2D eigenvalue weighted by atomic mass is 35.5. The third-order valence-corrected chi connectivity index (χ3v) is 6.67. The van der Waals surface area contributed by atoms with Gasteiger partial charge in [0.05, 0.1) is 17.8 Å². The number of halogens is 5. The minimum Gasteiger partial charge on any atom is -0.482 e. The van der Waals surface area contributed by atoms with Gasteiger partial charge in [0, 0.05) is 34.1 Å². The molecule has 1 aromatic carbocycles. The number of alkyl halides is 2. The molecule has 4 unspecified atom stereocenters. The van der Waals surface area contributed by atoms with Crippen molar-refractivity contribution in [1.29, 1.82) is 0 Å². The second-order valence-corrected chi connectivity index (χ2v) is 8.98. The number of hydrogen-bond acceptors (Lipinski definition) is 6. The van der Waals surface area contributed by atoms with Gasteiger partial charge < -0.3 is 19.9 Å². The fourth-order valence-corrected chi connectivity index (χ4v) is 4.89. The Bertz CT molecular complexity index is 1240. The molecule has 7 nitrogen and oxygen atoms in total. The van der Waals surface area contributed by atoms with Crippen molar-refractivity contribution in [2.75, 3.05) is 18.9 Å². The molecule has 5 rings (SSSR count). The van der Waals surface area contributed by atoms with Gasteiger partial charge in [0.2, 0.25) is 0 Å². The lowest BCUT2D eigenvalue weighted by Gasteiger charge is -2.19. The summed E-state index contributed by atoms with van der Waals surface area (Å²) in [5.74, 6) is -3.30. The van der Waals surface area contributed by atoms with Crippen LogP contribution in [0.3, 0.4) is 0 Å². The monoisotopic (exact) mass is 514 g/mol. The van der Waals surface area contributed by atoms with Gasteiger partial charge in [-0.3, -0.25) is 4.68 Å². The molecule has 0 spiro atoms. The zero-order valence-corrected chi connectivity index (χ0v) is 19.2. The molecule has 0 saturated carbocycles. The summed E-state index contributed by atoms with van der Waals surface area (Å²) in [7, 11) is 0. The molecular formula is C22H19Cl2F3N4O3. The lowest BCUT2D eigenvalue weighted by Crippen LogP contribution is -2.35. The summed E-state index contributed by atoms with van der Waals surface area (Å²) < 4.78 is 59.8. The molecule has 0 aliphatic carbocycles. The highest BCUT2D eigenvalue weighted by Gasteiger charge is 2.59. The van der Waals surface area contributed by atoms with E-state index in [4.69, 9.17) is 43.1 Å². The van der Waals surface area contributed by atoms with Gasteiger partial charge in [0.1, 0.15) is 30.7 Å². The number of aromatic nitrogens is 3. The molecule has 3 aromatic rings. The summed E-state index contributed by atoms with van der Waals surface area (Å²) in [5, 5.41) is 4.42. The molecule has 12 heteroatoms. The highest BCUT2D eigenvalue weighted by Crippen LogP contribution is 2.42. The third-order valence-electron chi connectivity index (χ3n) is 5.95. The minimum absolute atomic E-state index is 0.0626. The molecule has 4 heterocycles. The van der Waals surface area contributed by atoms with Crippen LogP contribution >= 0.6 is 23.2 Å². The maximum absolute atomic E-state index is 13.9. The second kappa shape index (κ2) is 8.60. The smallest absolute Gasteiger partial charge is 0.299 e. The van der Waals surface area contributed by atoms with E-state index in [1.54, 1.807) is 30.1 Å². The first-order valence-corrected chi connectivity index (χ1v) is 11.1. The van der Waals surface area contributed by atoms with Crippen LogP contribution in [0.15, 0.2) is 36.8 Å². The average molecular weight is 515 g/mol. The van der Waals surface area contributed by atoms with Crippen molar-refractivity contribution in [1.82, 2.24) is 14.8 Å². The fourth-order valence-electron chi connectivity index (χ4n) is 4.21. The van der Waals surface area contributed by atoms with E-state index in [0.29, 0.717) is 11.1 Å². The number of rotatable bonds is 5. The molecular weight excluding hydrogens is 496 g/mol. The second-order valence-electron chi connectivity index (χ2n) is 8.19. The molecule has 34 heavy (non-hydrogen) atoms. The first kappa shape index (κ1) is 23.2. The zero-order valence-electron chi connectivity index (χ0n) is 17.7. The van der Waals surface area contributed by atoms with Crippen molar-refractivity contribution in [3.05, 3.63) is 58.2 Å². The number of hydrogen-bond donors (Lipinski definition) is 1. The lowest BCUT2D eigenvalue weighted by molar-refractivity contribution is -0.0954. The SMILES string of the molecule is CC(Oc1cc(-c2cnn(C3COC4C3OCC4(F)F)c2)cnc1N)c1c(Cl)ccc(F)c1Cl. The van der Waals surface area contributed by atoms with Crippen LogP contribution in [0.25, 0.3) is 11.1 Å². The predicted molar refractivity (Wildman–Crippen MR) is 119 cm³/mol. The lowest BCUT2D eigenvalue weighted by atomic mass is 10.1. The molecule has 2 saturated heterocycles. The van der Waals surface area contributed by atoms with E-state index in [0.717, 1.165) is 0 Å². The Balaban J connectivity index is 1.38. The summed E-state index contributed by atoms with van der Waals surface area (Å²) in [6.45, 7) is 1.05. The number of pyridine rings is 1. The van der Waals surface area contributed by atoms with Crippen LogP contribution in [0.4, 0.5) is 19.0 Å². The summed E-state index contributed by atoms with van der Waals surface area (Å²) in [4.78, 5) is 4.17. The van der Waals surface area contributed by atoms with Crippen molar-refractivity contribution >= 4 is 29.0 Å². The Morgan fingerprint density at radius 1 is 1.24 bits per heavy atom. The van der Waals surface area contributed by atoms with Crippen LogP contribution in [0.1, 0.15) is 24.6 Å². The number of anilines is 1. The summed E-state index contributed by atoms with van der Waals surface area (Å²) in [5.41, 5.74) is 7.54. The Morgan fingerprint density at radius 3 is 2.82 bits per heavy atom. The van der Waals surface area contributed by atoms with Gasteiger partial charge >= 0.3 is 0 Å². The number of nitrogens with zero attached hydrogens (tertiary/aromatic N) is 3. The Morgan fingerprint density at radius 2 is 2.03 bits per heavy atom. The highest BCUT2D eigenvalue weighted by molar-refractivity contribution is 6.36. The van der Waals surface area contributed by atoms with Gasteiger partial charge in [0.25, 0.3) is 5.92 Å². The van der Waals surface area contributed by atoms with Crippen molar-refractivity contribution in [2.24, 2.45) is 0 Å². The normalized spacial score (nSPS) is 24.2. The van der Waals surface area contributed by atoms with Gasteiger partial charge in [-0.1, -0.05) is 23.2 Å². The molecule has 0 amide bonds. The number of fused-ring (bicyclic) bond motifs is 1. The molecule has 2 fully saturated rings. The minimum atomic E-state index is -3.02. The van der Waals surface area contributed by atoms with Crippen molar-refractivity contribution < 1.29 is 27.4 Å². The van der Waals surface area contributed by atoms with Crippen LogP contribution in [0.2, 0.25) is 10.0 Å². The molecule has 2 aromatic heterocycles. The van der Waals surface area contributed by atoms with Crippen LogP contribution in [0.5, 0.6) is 5.75 Å². The number of ether oxygens (including phenoxy) is 3. The van der Waals surface area contributed by atoms with E-state index < -0.39 is 42.7 Å². The van der Waals surface area contributed by atoms with E-state index in [9.17, 15) is 13.2 Å². The van der Waals surface area contributed by atoms with Crippen LogP contribution in [0, 0.1) is 5.82 Å². The van der Waals surface area contributed by atoms with E-state index in [2.05, 4.69) is 10.1 Å². The first-order valence-electron chi connectivity index (χ1n) is 10.4. The fraction of sp³-hybridized carbons (Fsp3) is 0.364. The first-order chi connectivity index (χ1) is 16.2. The van der Waals surface area contributed by atoms with Gasteiger partial charge in [-0.25, -0.2) is 18.2 Å². The Hall–Kier alpha value is -2.53. The van der Waals surface area contributed by atoms with Gasteiger partial charge in [0.15, 0.2) is 17.7 Å². The average Bonchev–Trinajstić information content (AvgIpc) is 3.50. The number of benzene rings is 1. The van der Waals surface area contributed by atoms with Gasteiger partial charge in [-0.05, 0) is 25.1 Å². The van der Waals surface area contributed by atoms with Crippen LogP contribution in [-0.4, -0.2) is 46.1 Å². The van der Waals surface area contributed by atoms with E-state index >= 15 is 0 Å². The Kier molecular flexibility index (Phi) is 5.87. The van der Waals surface area contributed by atoms with Crippen molar-refractivity contribution in [3.8, 4) is 16.9 Å². The third kappa shape index (κ3) is 3.98. The molecule has 2 aliphatic rings. The molecule has 2 aliphatic heterocycles. The molecule has 0 bridgehead atoms. The van der Waals surface area contributed by atoms with Crippen molar-refractivity contribution in [2.45, 2.75) is 37.2 Å². The number of nitrogens with two attached hydrogens (primary N) is 1.